The minimum Gasteiger partial charge on any atom is -0.461 e. The van der Waals surface area contributed by atoms with E-state index in [-0.39, 0.29) is 35.6 Å². The van der Waals surface area contributed by atoms with E-state index in [2.05, 4.69) is 4.72 Å². The number of sulfonamides is 1. The normalized spacial score (nSPS) is 16.0. The van der Waals surface area contributed by atoms with Crippen LogP contribution in [-0.4, -0.2) is 26.3 Å². The molecule has 7 nitrogen and oxygen atoms in total. The Kier molecular flexibility index (Phi) is 4.97. The van der Waals surface area contributed by atoms with Crippen molar-refractivity contribution in [2.75, 3.05) is 4.90 Å². The number of furan rings is 1. The van der Waals surface area contributed by atoms with Crippen molar-refractivity contribution in [3.8, 4) is 0 Å². The maximum absolute atomic E-state index is 12.7. The van der Waals surface area contributed by atoms with Crippen molar-refractivity contribution in [2.24, 2.45) is 0 Å². The van der Waals surface area contributed by atoms with Crippen LogP contribution >= 0.6 is 0 Å². The second-order valence-electron chi connectivity index (χ2n) is 7.09. The van der Waals surface area contributed by atoms with Gasteiger partial charge in [-0.1, -0.05) is 18.2 Å². The number of imide groups is 1. The molecule has 150 valence electrons. The molecule has 0 unspecified atom stereocenters. The third-order valence-electron chi connectivity index (χ3n) is 4.80. The minimum atomic E-state index is -3.76. The molecule has 1 aliphatic rings. The summed E-state index contributed by atoms with van der Waals surface area (Å²) < 4.78 is 33.7. The fraction of sp³-hybridized carbons (Fsp3) is 0.238. The molecule has 0 bridgehead atoms. The summed E-state index contributed by atoms with van der Waals surface area (Å²) in [4.78, 5) is 24.8. The molecule has 0 radical (unpaired) electrons. The van der Waals surface area contributed by atoms with Crippen LogP contribution in [-0.2, 0) is 26.0 Å². The number of para-hydroxylation sites is 1. The summed E-state index contributed by atoms with van der Waals surface area (Å²) in [7, 11) is -3.76. The monoisotopic (exact) mass is 412 g/mol. The molecule has 0 aliphatic carbocycles. The minimum absolute atomic E-state index is 0.0665. The molecule has 0 spiro atoms. The molecule has 1 saturated heterocycles. The van der Waals surface area contributed by atoms with Crippen LogP contribution in [0.5, 0.6) is 0 Å². The molecule has 1 fully saturated rings. The Morgan fingerprint density at radius 3 is 2.34 bits per heavy atom. The first-order valence-electron chi connectivity index (χ1n) is 9.29. The van der Waals surface area contributed by atoms with Crippen LogP contribution in [0.1, 0.15) is 25.5 Å². The third-order valence-corrected chi connectivity index (χ3v) is 6.40. The SMILES string of the molecule is C[C@H](Cc1cc2ccccc2o1)NS(=O)(=O)c1ccc(N2C(=O)CCC2=O)cc1. The molecular weight excluding hydrogens is 392 g/mol. The van der Waals surface area contributed by atoms with Gasteiger partial charge in [0, 0.05) is 30.7 Å². The van der Waals surface area contributed by atoms with Crippen LogP contribution in [0, 0.1) is 0 Å². The van der Waals surface area contributed by atoms with Crippen molar-refractivity contribution in [2.45, 2.75) is 37.1 Å². The fourth-order valence-corrected chi connectivity index (χ4v) is 4.70. The average molecular weight is 412 g/mol. The van der Waals surface area contributed by atoms with E-state index in [1.807, 2.05) is 30.3 Å². The Balaban J connectivity index is 1.46. The van der Waals surface area contributed by atoms with Crippen LogP contribution in [0.2, 0.25) is 0 Å². The van der Waals surface area contributed by atoms with E-state index in [0.29, 0.717) is 17.9 Å². The van der Waals surface area contributed by atoms with Gasteiger partial charge in [-0.25, -0.2) is 13.1 Å². The number of hydrogen-bond acceptors (Lipinski definition) is 5. The van der Waals surface area contributed by atoms with E-state index in [1.165, 1.54) is 24.3 Å². The number of amides is 2. The zero-order valence-corrected chi connectivity index (χ0v) is 16.6. The number of nitrogens with zero attached hydrogens (tertiary/aromatic N) is 1. The van der Waals surface area contributed by atoms with Crippen LogP contribution in [0.4, 0.5) is 5.69 Å². The summed E-state index contributed by atoms with van der Waals surface area (Å²) in [5.74, 6) is 0.147. The standard InChI is InChI=1S/C21H20N2O5S/c1-14(12-17-13-15-4-2-3-5-19(15)28-17)22-29(26,27)18-8-6-16(7-9-18)23-20(24)10-11-21(23)25/h2-9,13-14,22H,10-12H2,1H3/t14-/m1/s1. The van der Waals surface area contributed by atoms with Crippen molar-refractivity contribution in [1.29, 1.82) is 0 Å². The molecule has 3 aromatic rings. The van der Waals surface area contributed by atoms with Crippen LogP contribution in [0.15, 0.2) is 63.9 Å². The lowest BCUT2D eigenvalue weighted by Crippen LogP contribution is -2.34. The molecule has 1 N–H and O–H groups in total. The quantitative estimate of drug-likeness (QED) is 0.628. The zero-order valence-electron chi connectivity index (χ0n) is 15.8. The van der Waals surface area contributed by atoms with Gasteiger partial charge in [-0.05, 0) is 43.3 Å². The highest BCUT2D eigenvalue weighted by Gasteiger charge is 2.30. The van der Waals surface area contributed by atoms with Crippen molar-refractivity contribution < 1.29 is 22.4 Å². The summed E-state index contributed by atoms with van der Waals surface area (Å²) in [6, 6.07) is 14.9. The van der Waals surface area contributed by atoms with Crippen LogP contribution in [0.25, 0.3) is 11.0 Å². The first-order chi connectivity index (χ1) is 13.8. The van der Waals surface area contributed by atoms with Gasteiger partial charge in [-0.2, -0.15) is 0 Å². The number of carbonyl (C=O) groups excluding carboxylic acids is 2. The number of nitrogens with one attached hydrogen (secondary N) is 1. The van der Waals surface area contributed by atoms with Gasteiger partial charge in [-0.15, -0.1) is 0 Å². The number of anilines is 1. The highest BCUT2D eigenvalue weighted by Crippen LogP contribution is 2.24. The first kappa shape index (κ1) is 19.4. The average Bonchev–Trinajstić information content (AvgIpc) is 3.23. The number of hydrogen-bond donors (Lipinski definition) is 1. The Labute approximate surface area is 168 Å². The van der Waals surface area contributed by atoms with Crippen LogP contribution in [0.3, 0.4) is 0 Å². The predicted molar refractivity (Wildman–Crippen MR) is 108 cm³/mol. The highest BCUT2D eigenvalue weighted by molar-refractivity contribution is 7.89. The van der Waals surface area contributed by atoms with Gasteiger partial charge in [0.2, 0.25) is 21.8 Å². The summed E-state index contributed by atoms with van der Waals surface area (Å²) in [6.45, 7) is 1.76. The van der Waals surface area contributed by atoms with Crippen molar-refractivity contribution in [3.63, 3.8) is 0 Å². The predicted octanol–water partition coefficient (Wildman–Crippen LogP) is 3.00. The third kappa shape index (κ3) is 3.94. The molecule has 8 heteroatoms. The van der Waals surface area contributed by atoms with Gasteiger partial charge in [0.1, 0.15) is 11.3 Å². The molecule has 1 aliphatic heterocycles. The smallest absolute Gasteiger partial charge is 0.240 e. The van der Waals surface area contributed by atoms with Gasteiger partial charge in [0.05, 0.1) is 10.6 Å². The second-order valence-corrected chi connectivity index (χ2v) is 8.81. The largest absolute Gasteiger partial charge is 0.461 e. The lowest BCUT2D eigenvalue weighted by Gasteiger charge is -2.16. The number of carbonyl (C=O) groups is 2. The fourth-order valence-electron chi connectivity index (χ4n) is 3.45. The first-order valence-corrected chi connectivity index (χ1v) is 10.8. The van der Waals surface area contributed by atoms with Crippen molar-refractivity contribution >= 4 is 38.5 Å². The summed E-state index contributed by atoms with van der Waals surface area (Å²) in [5, 5.41) is 0.971. The number of fused-ring (bicyclic) bond motifs is 1. The van der Waals surface area contributed by atoms with E-state index in [4.69, 9.17) is 4.42 Å². The van der Waals surface area contributed by atoms with E-state index < -0.39 is 10.0 Å². The van der Waals surface area contributed by atoms with Crippen molar-refractivity contribution in [1.82, 2.24) is 4.72 Å². The second kappa shape index (κ2) is 7.46. The van der Waals surface area contributed by atoms with Crippen LogP contribution < -0.4 is 9.62 Å². The molecule has 1 aromatic heterocycles. The van der Waals surface area contributed by atoms with E-state index in [0.717, 1.165) is 15.9 Å². The maximum Gasteiger partial charge on any atom is 0.240 e. The molecular formula is C21H20N2O5S. The summed E-state index contributed by atoms with van der Waals surface area (Å²) >= 11 is 0. The molecule has 1 atom stereocenters. The molecule has 2 heterocycles. The number of rotatable bonds is 6. The zero-order chi connectivity index (χ0) is 20.6. The molecule has 4 rings (SSSR count). The van der Waals surface area contributed by atoms with Crippen molar-refractivity contribution in [3.05, 3.63) is 60.4 Å². The summed E-state index contributed by atoms with van der Waals surface area (Å²) in [5.41, 5.74) is 1.14. The number of benzene rings is 2. The Hall–Kier alpha value is -2.97. The Morgan fingerprint density at radius 2 is 1.69 bits per heavy atom. The lowest BCUT2D eigenvalue weighted by atomic mass is 10.2. The maximum atomic E-state index is 12.7. The molecule has 2 amide bonds. The van der Waals surface area contributed by atoms with Gasteiger partial charge >= 0.3 is 0 Å². The van der Waals surface area contributed by atoms with E-state index >= 15 is 0 Å². The van der Waals surface area contributed by atoms with Gasteiger partial charge in [-0.3, -0.25) is 14.5 Å². The van der Waals surface area contributed by atoms with Gasteiger partial charge < -0.3 is 4.42 Å². The van der Waals surface area contributed by atoms with E-state index in [9.17, 15) is 18.0 Å². The highest BCUT2D eigenvalue weighted by atomic mass is 32.2. The molecule has 2 aromatic carbocycles. The van der Waals surface area contributed by atoms with Gasteiger partial charge in [0.15, 0.2) is 0 Å². The molecule has 0 saturated carbocycles. The Morgan fingerprint density at radius 1 is 1.03 bits per heavy atom. The Bertz CT molecular complexity index is 1130. The van der Waals surface area contributed by atoms with E-state index in [1.54, 1.807) is 6.92 Å². The summed E-state index contributed by atoms with van der Waals surface area (Å²) in [6.07, 6.45) is 0.766. The topological polar surface area (TPSA) is 96.7 Å². The lowest BCUT2D eigenvalue weighted by molar-refractivity contribution is -0.121. The van der Waals surface area contributed by atoms with Gasteiger partial charge in [0.25, 0.3) is 0 Å². The molecule has 29 heavy (non-hydrogen) atoms.